The molecule has 1 amide bonds. The summed E-state index contributed by atoms with van der Waals surface area (Å²) in [6, 6.07) is 8.06. The topological polar surface area (TPSA) is 71.2 Å². The number of para-hydroxylation sites is 1. The maximum absolute atomic E-state index is 12.8. The lowest BCUT2D eigenvalue weighted by molar-refractivity contribution is 0.0985. The van der Waals surface area contributed by atoms with Gasteiger partial charge in [-0.3, -0.25) is 4.79 Å². The SMILES string of the molecule is CNc1nc(N)c(C(=O)N2CC(C)Cc3ccccc32)s1. The first-order valence-electron chi connectivity index (χ1n) is 6.94. The molecule has 5 nitrogen and oxygen atoms in total. The number of nitrogens with two attached hydrogens (primary N) is 1. The molecule has 6 heteroatoms. The van der Waals surface area contributed by atoms with Crippen molar-refractivity contribution in [3.05, 3.63) is 34.7 Å². The highest BCUT2D eigenvalue weighted by Crippen LogP contribution is 2.33. The molecule has 3 rings (SSSR count). The molecule has 0 spiro atoms. The molecule has 2 heterocycles. The van der Waals surface area contributed by atoms with E-state index in [2.05, 4.69) is 23.3 Å². The van der Waals surface area contributed by atoms with Crippen LogP contribution in [0.3, 0.4) is 0 Å². The van der Waals surface area contributed by atoms with Crippen LogP contribution in [0.1, 0.15) is 22.2 Å². The van der Waals surface area contributed by atoms with Crippen LogP contribution in [0, 0.1) is 5.92 Å². The van der Waals surface area contributed by atoms with Crippen LogP contribution < -0.4 is 16.0 Å². The van der Waals surface area contributed by atoms with Crippen LogP contribution in [-0.2, 0) is 6.42 Å². The summed E-state index contributed by atoms with van der Waals surface area (Å²) in [5.41, 5.74) is 8.09. The lowest BCUT2D eigenvalue weighted by Gasteiger charge is -2.32. The molecule has 0 radical (unpaired) electrons. The smallest absolute Gasteiger partial charge is 0.272 e. The molecule has 1 aliphatic heterocycles. The zero-order valence-corrected chi connectivity index (χ0v) is 12.9. The number of nitrogen functional groups attached to an aromatic ring is 1. The van der Waals surface area contributed by atoms with E-state index in [1.807, 2.05) is 23.1 Å². The second-order valence-electron chi connectivity index (χ2n) is 5.34. The molecule has 1 aromatic heterocycles. The average Bonchev–Trinajstić information content (AvgIpc) is 2.86. The summed E-state index contributed by atoms with van der Waals surface area (Å²) in [6.45, 7) is 2.87. The number of carbonyl (C=O) groups excluding carboxylic acids is 1. The van der Waals surface area contributed by atoms with E-state index in [9.17, 15) is 4.79 Å². The van der Waals surface area contributed by atoms with Gasteiger partial charge in [-0.05, 0) is 24.0 Å². The van der Waals surface area contributed by atoms with Crippen LogP contribution in [0.4, 0.5) is 16.6 Å². The Bertz CT molecular complexity index is 682. The standard InChI is InChI=1S/C15H18N4OS/c1-9-7-10-5-3-4-6-11(10)19(8-9)14(20)12-13(16)18-15(17-2)21-12/h3-6,9H,7-8,16H2,1-2H3,(H,17,18). The molecule has 0 fully saturated rings. The fourth-order valence-corrected chi connectivity index (χ4v) is 3.49. The van der Waals surface area contributed by atoms with E-state index in [0.29, 0.717) is 28.3 Å². The minimum atomic E-state index is -0.0644. The van der Waals surface area contributed by atoms with Crippen molar-refractivity contribution >= 4 is 33.9 Å². The van der Waals surface area contributed by atoms with Crippen molar-refractivity contribution < 1.29 is 4.79 Å². The van der Waals surface area contributed by atoms with Crippen molar-refractivity contribution in [2.45, 2.75) is 13.3 Å². The van der Waals surface area contributed by atoms with Gasteiger partial charge in [0.1, 0.15) is 10.7 Å². The van der Waals surface area contributed by atoms with Crippen molar-refractivity contribution in [1.82, 2.24) is 4.98 Å². The summed E-state index contributed by atoms with van der Waals surface area (Å²) < 4.78 is 0. The van der Waals surface area contributed by atoms with Crippen molar-refractivity contribution in [2.24, 2.45) is 5.92 Å². The molecule has 0 aliphatic carbocycles. The van der Waals surface area contributed by atoms with Gasteiger partial charge in [0.05, 0.1) is 0 Å². The lowest BCUT2D eigenvalue weighted by atomic mass is 9.94. The highest BCUT2D eigenvalue weighted by Gasteiger charge is 2.29. The van der Waals surface area contributed by atoms with Gasteiger partial charge in [0.2, 0.25) is 0 Å². The van der Waals surface area contributed by atoms with Gasteiger partial charge in [0, 0.05) is 19.3 Å². The monoisotopic (exact) mass is 302 g/mol. The van der Waals surface area contributed by atoms with Crippen LogP contribution in [-0.4, -0.2) is 24.5 Å². The maximum Gasteiger partial charge on any atom is 0.272 e. The van der Waals surface area contributed by atoms with Gasteiger partial charge in [0.15, 0.2) is 5.13 Å². The molecule has 110 valence electrons. The third-order valence-corrected chi connectivity index (χ3v) is 4.73. The van der Waals surface area contributed by atoms with Crippen LogP contribution in [0.2, 0.25) is 0 Å². The Hall–Kier alpha value is -2.08. The molecule has 2 aromatic rings. The summed E-state index contributed by atoms with van der Waals surface area (Å²) in [5, 5.41) is 3.59. The Morgan fingerprint density at radius 2 is 2.24 bits per heavy atom. The molecular formula is C15H18N4OS. The van der Waals surface area contributed by atoms with Crippen molar-refractivity contribution in [3.63, 3.8) is 0 Å². The summed E-state index contributed by atoms with van der Waals surface area (Å²) in [5.74, 6) is 0.664. The Kier molecular flexibility index (Phi) is 3.55. The molecule has 3 N–H and O–H groups in total. The Morgan fingerprint density at radius 1 is 1.48 bits per heavy atom. The largest absolute Gasteiger partial charge is 0.382 e. The lowest BCUT2D eigenvalue weighted by Crippen LogP contribution is -2.39. The number of benzene rings is 1. The summed E-state index contributed by atoms with van der Waals surface area (Å²) in [7, 11) is 1.77. The third kappa shape index (κ3) is 2.47. The molecule has 0 saturated heterocycles. The fraction of sp³-hybridized carbons (Fsp3) is 0.333. The van der Waals surface area contributed by atoms with Gasteiger partial charge in [-0.1, -0.05) is 36.5 Å². The van der Waals surface area contributed by atoms with E-state index in [1.54, 1.807) is 7.05 Å². The van der Waals surface area contributed by atoms with Gasteiger partial charge >= 0.3 is 0 Å². The predicted octanol–water partition coefficient (Wildman–Crippen LogP) is 2.61. The van der Waals surface area contributed by atoms with E-state index in [1.165, 1.54) is 16.9 Å². The molecule has 21 heavy (non-hydrogen) atoms. The number of thiazole rings is 1. The van der Waals surface area contributed by atoms with Gasteiger partial charge in [0.25, 0.3) is 5.91 Å². The molecule has 1 aliphatic rings. The number of hydrogen-bond donors (Lipinski definition) is 2. The van der Waals surface area contributed by atoms with E-state index in [0.717, 1.165) is 12.1 Å². The zero-order chi connectivity index (χ0) is 15.0. The Balaban J connectivity index is 1.99. The molecule has 1 aromatic carbocycles. The number of nitrogens with one attached hydrogen (secondary N) is 1. The first kappa shape index (κ1) is 13.9. The normalized spacial score (nSPS) is 17.4. The fourth-order valence-electron chi connectivity index (χ4n) is 2.70. The minimum absolute atomic E-state index is 0.0644. The molecule has 1 unspecified atom stereocenters. The number of rotatable bonds is 2. The number of hydrogen-bond acceptors (Lipinski definition) is 5. The number of aromatic nitrogens is 1. The van der Waals surface area contributed by atoms with Crippen LogP contribution >= 0.6 is 11.3 Å². The van der Waals surface area contributed by atoms with Gasteiger partial charge in [-0.15, -0.1) is 0 Å². The molecule has 0 saturated carbocycles. The Morgan fingerprint density at radius 3 is 2.95 bits per heavy atom. The quantitative estimate of drug-likeness (QED) is 0.894. The first-order chi connectivity index (χ1) is 10.1. The predicted molar refractivity (Wildman–Crippen MR) is 87.1 cm³/mol. The number of anilines is 3. The highest BCUT2D eigenvalue weighted by molar-refractivity contribution is 7.18. The zero-order valence-electron chi connectivity index (χ0n) is 12.1. The van der Waals surface area contributed by atoms with Crippen molar-refractivity contribution in [3.8, 4) is 0 Å². The van der Waals surface area contributed by atoms with Gasteiger partial charge in [-0.25, -0.2) is 4.98 Å². The first-order valence-corrected chi connectivity index (χ1v) is 7.75. The number of amides is 1. The van der Waals surface area contributed by atoms with Crippen LogP contribution in [0.25, 0.3) is 0 Å². The van der Waals surface area contributed by atoms with Crippen LogP contribution in [0.5, 0.6) is 0 Å². The molecule has 0 bridgehead atoms. The number of carbonyl (C=O) groups is 1. The second kappa shape index (κ2) is 5.37. The Labute approximate surface area is 127 Å². The van der Waals surface area contributed by atoms with Crippen LogP contribution in [0.15, 0.2) is 24.3 Å². The molecular weight excluding hydrogens is 284 g/mol. The van der Waals surface area contributed by atoms with Gasteiger partial charge in [-0.2, -0.15) is 0 Å². The summed E-state index contributed by atoms with van der Waals surface area (Å²) >= 11 is 1.30. The van der Waals surface area contributed by atoms with E-state index in [4.69, 9.17) is 5.73 Å². The van der Waals surface area contributed by atoms with Crippen molar-refractivity contribution in [2.75, 3.05) is 29.5 Å². The van der Waals surface area contributed by atoms with E-state index in [-0.39, 0.29) is 5.91 Å². The second-order valence-corrected chi connectivity index (χ2v) is 6.34. The number of nitrogens with zero attached hydrogens (tertiary/aromatic N) is 2. The molecule has 1 atom stereocenters. The van der Waals surface area contributed by atoms with Crippen molar-refractivity contribution in [1.29, 1.82) is 0 Å². The highest BCUT2D eigenvalue weighted by atomic mass is 32.1. The average molecular weight is 302 g/mol. The third-order valence-electron chi connectivity index (χ3n) is 3.65. The summed E-state index contributed by atoms with van der Waals surface area (Å²) in [4.78, 5) is 19.3. The number of fused-ring (bicyclic) bond motifs is 1. The van der Waals surface area contributed by atoms with Gasteiger partial charge < -0.3 is 16.0 Å². The minimum Gasteiger partial charge on any atom is -0.382 e. The maximum atomic E-state index is 12.8. The van der Waals surface area contributed by atoms with E-state index < -0.39 is 0 Å². The van der Waals surface area contributed by atoms with E-state index >= 15 is 0 Å². The summed E-state index contributed by atoms with van der Waals surface area (Å²) in [6.07, 6.45) is 1.000.